The quantitative estimate of drug-likeness (QED) is 0.577. The molecule has 1 atom stereocenters. The monoisotopic (exact) mass is 288 g/mol. The summed E-state index contributed by atoms with van der Waals surface area (Å²) < 4.78 is 5.18. The summed E-state index contributed by atoms with van der Waals surface area (Å²) in [5.74, 6) is 0.671. The largest absolute Gasteiger partial charge is 0.394 e. The highest BCUT2D eigenvalue weighted by molar-refractivity contribution is 4.84. The van der Waals surface area contributed by atoms with Gasteiger partial charge in [0.25, 0.3) is 0 Å². The molecule has 4 nitrogen and oxygen atoms in total. The van der Waals surface area contributed by atoms with Crippen molar-refractivity contribution in [2.75, 3.05) is 40.0 Å². The molecular formula is C16H36N2O2. The van der Waals surface area contributed by atoms with Gasteiger partial charge in [-0.2, -0.15) is 0 Å². The maximum atomic E-state index is 9.59. The normalized spacial score (nSPS) is 15.3. The van der Waals surface area contributed by atoms with E-state index in [9.17, 15) is 5.11 Å². The highest BCUT2D eigenvalue weighted by atomic mass is 16.5. The van der Waals surface area contributed by atoms with Gasteiger partial charge in [-0.1, -0.05) is 27.7 Å². The Balaban J connectivity index is 4.18. The standard InChI is InChI=1S/C16H36N2O2/c1-14(2)12-18(10-11-20-6)9-7-8-16(5,13-19)17-15(3)4/h14-15,17,19H,7-13H2,1-6H3. The van der Waals surface area contributed by atoms with Gasteiger partial charge in [-0.15, -0.1) is 0 Å². The first-order valence-corrected chi connectivity index (χ1v) is 7.93. The molecule has 0 aliphatic carbocycles. The molecule has 0 aliphatic heterocycles. The average Bonchev–Trinajstić information content (AvgIpc) is 2.34. The molecule has 4 heteroatoms. The molecule has 0 amide bonds. The number of methoxy groups -OCH3 is 1. The van der Waals surface area contributed by atoms with E-state index in [1.807, 2.05) is 0 Å². The maximum Gasteiger partial charge on any atom is 0.0610 e. The molecule has 0 aromatic carbocycles. The highest BCUT2D eigenvalue weighted by Crippen LogP contribution is 2.14. The number of hydrogen-bond donors (Lipinski definition) is 2. The van der Waals surface area contributed by atoms with Crippen LogP contribution in [0.25, 0.3) is 0 Å². The smallest absolute Gasteiger partial charge is 0.0610 e. The Labute approximate surface area is 125 Å². The summed E-state index contributed by atoms with van der Waals surface area (Å²) in [6, 6.07) is 0.396. The van der Waals surface area contributed by atoms with Crippen LogP contribution < -0.4 is 5.32 Å². The summed E-state index contributed by atoms with van der Waals surface area (Å²) in [4.78, 5) is 2.46. The second-order valence-electron chi connectivity index (χ2n) is 6.81. The fourth-order valence-corrected chi connectivity index (χ4v) is 2.62. The van der Waals surface area contributed by atoms with Crippen LogP contribution in [0.4, 0.5) is 0 Å². The van der Waals surface area contributed by atoms with Crippen molar-refractivity contribution in [3.05, 3.63) is 0 Å². The van der Waals surface area contributed by atoms with E-state index < -0.39 is 0 Å². The van der Waals surface area contributed by atoms with Gasteiger partial charge in [-0.3, -0.25) is 0 Å². The Bertz CT molecular complexity index is 235. The summed E-state index contributed by atoms with van der Waals surface area (Å²) in [7, 11) is 1.75. The Morgan fingerprint density at radius 3 is 2.30 bits per heavy atom. The average molecular weight is 288 g/mol. The zero-order valence-electron chi connectivity index (χ0n) is 14.4. The topological polar surface area (TPSA) is 44.7 Å². The van der Waals surface area contributed by atoms with E-state index in [0.29, 0.717) is 12.0 Å². The van der Waals surface area contributed by atoms with Crippen LogP contribution in [0.5, 0.6) is 0 Å². The van der Waals surface area contributed by atoms with Gasteiger partial charge in [0.05, 0.1) is 13.2 Å². The van der Waals surface area contributed by atoms with E-state index in [0.717, 1.165) is 39.1 Å². The van der Waals surface area contributed by atoms with Gasteiger partial charge >= 0.3 is 0 Å². The van der Waals surface area contributed by atoms with Crippen molar-refractivity contribution in [3.63, 3.8) is 0 Å². The second-order valence-corrected chi connectivity index (χ2v) is 6.81. The van der Waals surface area contributed by atoms with Crippen molar-refractivity contribution in [2.24, 2.45) is 5.92 Å². The van der Waals surface area contributed by atoms with E-state index in [2.05, 4.69) is 44.8 Å². The van der Waals surface area contributed by atoms with Crippen molar-refractivity contribution >= 4 is 0 Å². The van der Waals surface area contributed by atoms with Crippen LogP contribution in [0, 0.1) is 5.92 Å². The predicted molar refractivity (Wildman–Crippen MR) is 86.2 cm³/mol. The summed E-state index contributed by atoms with van der Waals surface area (Å²) in [6.45, 7) is 15.0. The molecule has 0 saturated carbocycles. The van der Waals surface area contributed by atoms with Crippen molar-refractivity contribution in [3.8, 4) is 0 Å². The molecule has 0 rings (SSSR count). The van der Waals surface area contributed by atoms with Crippen molar-refractivity contribution in [2.45, 2.75) is 59.0 Å². The van der Waals surface area contributed by atoms with Crippen LogP contribution in [0.15, 0.2) is 0 Å². The van der Waals surface area contributed by atoms with Crippen molar-refractivity contribution in [1.29, 1.82) is 0 Å². The Morgan fingerprint density at radius 1 is 1.20 bits per heavy atom. The van der Waals surface area contributed by atoms with E-state index in [-0.39, 0.29) is 12.1 Å². The number of nitrogens with one attached hydrogen (secondary N) is 1. The van der Waals surface area contributed by atoms with Crippen LogP contribution in [0.3, 0.4) is 0 Å². The number of ether oxygens (including phenoxy) is 1. The highest BCUT2D eigenvalue weighted by Gasteiger charge is 2.23. The molecule has 0 fully saturated rings. The Morgan fingerprint density at radius 2 is 1.85 bits per heavy atom. The predicted octanol–water partition coefficient (Wildman–Crippen LogP) is 2.12. The van der Waals surface area contributed by atoms with E-state index in [1.54, 1.807) is 7.11 Å². The molecule has 0 bridgehead atoms. The number of aliphatic hydroxyl groups is 1. The molecule has 122 valence electrons. The maximum absolute atomic E-state index is 9.59. The lowest BCUT2D eigenvalue weighted by molar-refractivity contribution is 0.126. The molecule has 1 unspecified atom stereocenters. The second kappa shape index (κ2) is 10.6. The third-order valence-electron chi connectivity index (χ3n) is 3.42. The lowest BCUT2D eigenvalue weighted by Gasteiger charge is -2.32. The lowest BCUT2D eigenvalue weighted by Crippen LogP contribution is -2.49. The lowest BCUT2D eigenvalue weighted by atomic mass is 9.95. The molecule has 0 saturated heterocycles. The molecule has 0 aromatic heterocycles. The zero-order valence-corrected chi connectivity index (χ0v) is 14.4. The molecule has 2 N–H and O–H groups in total. The van der Waals surface area contributed by atoms with Crippen molar-refractivity contribution < 1.29 is 9.84 Å². The fraction of sp³-hybridized carbons (Fsp3) is 1.00. The van der Waals surface area contributed by atoms with Gasteiger partial charge in [-0.25, -0.2) is 0 Å². The summed E-state index contributed by atoms with van der Waals surface area (Å²) >= 11 is 0. The molecule has 0 radical (unpaired) electrons. The Hall–Kier alpha value is -0.160. The third kappa shape index (κ3) is 9.70. The van der Waals surface area contributed by atoms with E-state index >= 15 is 0 Å². The summed E-state index contributed by atoms with van der Waals surface area (Å²) in [5.41, 5.74) is -0.168. The first-order valence-electron chi connectivity index (χ1n) is 7.93. The summed E-state index contributed by atoms with van der Waals surface area (Å²) in [6.07, 6.45) is 2.08. The van der Waals surface area contributed by atoms with Gasteiger partial charge in [0.1, 0.15) is 0 Å². The minimum absolute atomic E-state index is 0.168. The minimum atomic E-state index is -0.168. The van der Waals surface area contributed by atoms with E-state index in [4.69, 9.17) is 4.74 Å². The molecule has 20 heavy (non-hydrogen) atoms. The first-order chi connectivity index (χ1) is 9.33. The van der Waals surface area contributed by atoms with E-state index in [1.165, 1.54) is 0 Å². The number of rotatable bonds is 12. The number of aliphatic hydroxyl groups excluding tert-OH is 1. The SMILES string of the molecule is COCCN(CCCC(C)(CO)NC(C)C)CC(C)C. The van der Waals surface area contributed by atoms with Crippen LogP contribution in [-0.2, 0) is 4.74 Å². The van der Waals surface area contributed by atoms with Crippen LogP contribution in [-0.4, -0.2) is 61.5 Å². The van der Waals surface area contributed by atoms with Gasteiger partial charge in [0, 0.05) is 31.8 Å². The van der Waals surface area contributed by atoms with Crippen molar-refractivity contribution in [1.82, 2.24) is 10.2 Å². The first kappa shape index (κ1) is 19.8. The third-order valence-corrected chi connectivity index (χ3v) is 3.42. The van der Waals surface area contributed by atoms with Gasteiger partial charge in [-0.05, 0) is 32.2 Å². The summed E-state index contributed by atoms with van der Waals surface area (Å²) in [5, 5.41) is 13.1. The van der Waals surface area contributed by atoms with Gasteiger partial charge in [0.15, 0.2) is 0 Å². The zero-order chi connectivity index (χ0) is 15.6. The molecule has 0 aromatic rings. The molecule has 0 spiro atoms. The molecule has 0 heterocycles. The Kier molecular flexibility index (Phi) is 10.5. The van der Waals surface area contributed by atoms with Gasteiger partial charge in [0.2, 0.25) is 0 Å². The number of nitrogens with zero attached hydrogens (tertiary/aromatic N) is 1. The fourth-order valence-electron chi connectivity index (χ4n) is 2.62. The van der Waals surface area contributed by atoms with Gasteiger partial charge < -0.3 is 20.1 Å². The molecule has 0 aliphatic rings. The number of hydrogen-bond acceptors (Lipinski definition) is 4. The van der Waals surface area contributed by atoms with Crippen LogP contribution in [0.1, 0.15) is 47.5 Å². The minimum Gasteiger partial charge on any atom is -0.394 e. The molecular weight excluding hydrogens is 252 g/mol. The van der Waals surface area contributed by atoms with Crippen LogP contribution in [0.2, 0.25) is 0 Å². The van der Waals surface area contributed by atoms with Crippen LogP contribution >= 0.6 is 0 Å².